The molecule has 0 aliphatic carbocycles. The van der Waals surface area contributed by atoms with Gasteiger partial charge in [-0.1, -0.05) is 22.9 Å². The summed E-state index contributed by atoms with van der Waals surface area (Å²) in [6, 6.07) is 0.121. The van der Waals surface area contributed by atoms with Crippen molar-refractivity contribution in [3.8, 4) is 0 Å². The lowest BCUT2D eigenvalue weighted by atomic mass is 10.2. The van der Waals surface area contributed by atoms with Crippen LogP contribution < -0.4 is 20.9 Å². The second-order valence-electron chi connectivity index (χ2n) is 6.90. The summed E-state index contributed by atoms with van der Waals surface area (Å²) < 4.78 is 68.8. The van der Waals surface area contributed by atoms with Gasteiger partial charge < -0.3 is 16.0 Å². The molecule has 1 aliphatic heterocycles. The van der Waals surface area contributed by atoms with Crippen molar-refractivity contribution in [2.24, 2.45) is 0 Å². The van der Waals surface area contributed by atoms with Crippen LogP contribution >= 0.6 is 22.9 Å². The van der Waals surface area contributed by atoms with E-state index in [-0.39, 0.29) is 22.2 Å². The van der Waals surface area contributed by atoms with Crippen LogP contribution in [-0.4, -0.2) is 41.5 Å². The summed E-state index contributed by atoms with van der Waals surface area (Å²) in [5, 5.41) is 1.35. The van der Waals surface area contributed by atoms with Gasteiger partial charge in [0.2, 0.25) is 0 Å². The number of nitrogens with two attached hydrogens (primary N) is 1. The number of nitrogens with one attached hydrogen (secondary N) is 1. The number of fused-ring (bicyclic) bond motifs is 1. The molecule has 1 aromatic carbocycles. The van der Waals surface area contributed by atoms with Crippen molar-refractivity contribution in [2.45, 2.75) is 12.2 Å². The standard InChI is InChI=1S/C18H12ClF5N6O2S/c1-29(8-3-2-7(20)11(19)12(8)21)15(31)9-5-26-17(32)30(9)10-4-6(18(22,23)24)13-14(27-10)33-16(25)28-13/h2-4,9H,5H2,1H3,(H2,25,28)(H,26,32)/t9-/m0/s1. The number of rotatable bonds is 3. The normalized spacial score (nSPS) is 16.4. The Labute approximate surface area is 190 Å². The van der Waals surface area contributed by atoms with Gasteiger partial charge in [-0.25, -0.2) is 23.5 Å². The predicted molar refractivity (Wildman–Crippen MR) is 111 cm³/mol. The SMILES string of the molecule is CN(C(=O)[C@@H]1CNC(=O)N1c1cc(C(F)(F)F)c2nc(N)sc2n1)c1ccc(F)c(Cl)c1F. The number of alkyl halides is 3. The van der Waals surface area contributed by atoms with E-state index in [1.54, 1.807) is 0 Å². The maximum absolute atomic E-state index is 14.4. The molecule has 174 valence electrons. The van der Waals surface area contributed by atoms with Crippen molar-refractivity contribution in [3.63, 3.8) is 0 Å². The molecule has 0 bridgehead atoms. The Morgan fingerprint density at radius 1 is 1.33 bits per heavy atom. The summed E-state index contributed by atoms with van der Waals surface area (Å²) in [6.07, 6.45) is -4.85. The molecule has 1 atom stereocenters. The molecule has 0 saturated carbocycles. The third-order valence-corrected chi connectivity index (χ3v) is 6.02. The number of urea groups is 1. The van der Waals surface area contributed by atoms with Crippen molar-refractivity contribution < 1.29 is 31.5 Å². The number of nitrogens with zero attached hydrogens (tertiary/aromatic N) is 4. The van der Waals surface area contributed by atoms with Crippen LogP contribution in [0.1, 0.15) is 5.56 Å². The molecule has 3 amide bonds. The van der Waals surface area contributed by atoms with Crippen LogP contribution in [0.15, 0.2) is 18.2 Å². The Morgan fingerprint density at radius 2 is 2.03 bits per heavy atom. The highest BCUT2D eigenvalue weighted by atomic mass is 35.5. The highest BCUT2D eigenvalue weighted by Crippen LogP contribution is 2.39. The first kappa shape index (κ1) is 22.9. The smallest absolute Gasteiger partial charge is 0.375 e. The van der Waals surface area contributed by atoms with Gasteiger partial charge >= 0.3 is 12.2 Å². The van der Waals surface area contributed by atoms with Gasteiger partial charge in [0.25, 0.3) is 5.91 Å². The maximum atomic E-state index is 14.4. The summed E-state index contributed by atoms with van der Waals surface area (Å²) in [5.74, 6) is -3.61. The second kappa shape index (κ2) is 7.95. The molecule has 3 heterocycles. The van der Waals surface area contributed by atoms with E-state index in [1.165, 1.54) is 0 Å². The van der Waals surface area contributed by atoms with E-state index in [9.17, 15) is 31.5 Å². The molecule has 2 aromatic heterocycles. The van der Waals surface area contributed by atoms with Crippen LogP contribution in [0.25, 0.3) is 10.3 Å². The molecule has 8 nitrogen and oxygen atoms in total. The second-order valence-corrected chi connectivity index (χ2v) is 8.28. The number of aromatic nitrogens is 2. The van der Waals surface area contributed by atoms with E-state index in [1.807, 2.05) is 0 Å². The summed E-state index contributed by atoms with van der Waals surface area (Å²) >= 11 is 6.24. The van der Waals surface area contributed by atoms with E-state index < -0.39 is 57.7 Å². The van der Waals surface area contributed by atoms with Gasteiger partial charge in [-0.15, -0.1) is 0 Å². The molecular formula is C18H12ClF5N6O2S. The first-order chi connectivity index (χ1) is 15.4. The zero-order valence-corrected chi connectivity index (χ0v) is 17.9. The number of thiazole rings is 1. The Morgan fingerprint density at radius 3 is 2.70 bits per heavy atom. The van der Waals surface area contributed by atoms with Gasteiger partial charge in [-0.2, -0.15) is 13.2 Å². The van der Waals surface area contributed by atoms with Gasteiger partial charge in [-0.05, 0) is 18.2 Å². The molecule has 15 heteroatoms. The van der Waals surface area contributed by atoms with E-state index in [2.05, 4.69) is 15.3 Å². The zero-order chi connectivity index (χ0) is 24.2. The van der Waals surface area contributed by atoms with E-state index in [0.29, 0.717) is 17.4 Å². The molecule has 3 aromatic rings. The molecule has 0 unspecified atom stereocenters. The van der Waals surface area contributed by atoms with Crippen molar-refractivity contribution in [1.82, 2.24) is 15.3 Å². The number of likely N-dealkylation sites (N-methyl/N-ethyl adjacent to an activating group) is 1. The lowest BCUT2D eigenvalue weighted by Gasteiger charge is -2.27. The minimum Gasteiger partial charge on any atom is -0.375 e. The van der Waals surface area contributed by atoms with E-state index in [4.69, 9.17) is 17.3 Å². The zero-order valence-electron chi connectivity index (χ0n) is 16.4. The average molecular weight is 507 g/mol. The first-order valence-corrected chi connectivity index (χ1v) is 10.2. The van der Waals surface area contributed by atoms with Gasteiger partial charge in [0.15, 0.2) is 10.9 Å². The Hall–Kier alpha value is -3.26. The summed E-state index contributed by atoms with van der Waals surface area (Å²) in [6.45, 7) is -0.301. The summed E-state index contributed by atoms with van der Waals surface area (Å²) in [5.41, 5.74) is 3.46. The van der Waals surface area contributed by atoms with Crippen molar-refractivity contribution in [3.05, 3.63) is 40.4 Å². The number of halogens is 6. The molecule has 33 heavy (non-hydrogen) atoms. The fourth-order valence-corrected chi connectivity index (χ4v) is 4.22. The first-order valence-electron chi connectivity index (χ1n) is 9.02. The lowest BCUT2D eigenvalue weighted by molar-refractivity contribution is -0.136. The Balaban J connectivity index is 1.77. The van der Waals surface area contributed by atoms with Gasteiger partial charge in [0, 0.05) is 13.6 Å². The van der Waals surface area contributed by atoms with Gasteiger partial charge in [-0.3, -0.25) is 9.69 Å². The third-order valence-electron chi connectivity index (χ3n) is 4.89. The third kappa shape index (κ3) is 3.88. The fraction of sp³-hybridized carbons (Fsp3) is 0.222. The molecular weight excluding hydrogens is 495 g/mol. The molecule has 4 rings (SSSR count). The number of anilines is 3. The van der Waals surface area contributed by atoms with Crippen LogP contribution in [0.3, 0.4) is 0 Å². The maximum Gasteiger partial charge on any atom is 0.418 e. The Kier molecular flexibility index (Phi) is 5.52. The van der Waals surface area contributed by atoms with E-state index in [0.717, 1.165) is 29.0 Å². The highest BCUT2D eigenvalue weighted by molar-refractivity contribution is 7.21. The molecule has 0 radical (unpaired) electrons. The summed E-state index contributed by atoms with van der Waals surface area (Å²) in [4.78, 5) is 34.5. The number of pyridine rings is 1. The average Bonchev–Trinajstić information content (AvgIpc) is 3.31. The molecule has 1 saturated heterocycles. The predicted octanol–water partition coefficient (Wildman–Crippen LogP) is 3.79. The summed E-state index contributed by atoms with van der Waals surface area (Å²) in [7, 11) is 1.15. The van der Waals surface area contributed by atoms with Crippen LogP contribution in [-0.2, 0) is 11.0 Å². The van der Waals surface area contributed by atoms with Gasteiger partial charge in [0.05, 0.1) is 11.3 Å². The number of hydrogen-bond donors (Lipinski definition) is 2. The number of amides is 3. The topological polar surface area (TPSA) is 104 Å². The molecule has 1 fully saturated rings. The number of carbonyl (C=O) groups is 2. The largest absolute Gasteiger partial charge is 0.418 e. The highest BCUT2D eigenvalue weighted by Gasteiger charge is 2.42. The molecule has 1 aliphatic rings. The minimum atomic E-state index is -4.85. The monoisotopic (exact) mass is 506 g/mol. The number of nitrogen functional groups attached to an aromatic ring is 1. The number of benzene rings is 1. The van der Waals surface area contributed by atoms with Crippen LogP contribution in [0.2, 0.25) is 5.02 Å². The quantitative estimate of drug-likeness (QED) is 0.415. The van der Waals surface area contributed by atoms with E-state index >= 15 is 0 Å². The van der Waals surface area contributed by atoms with Crippen LogP contribution in [0.4, 0.5) is 43.4 Å². The fourth-order valence-electron chi connectivity index (χ4n) is 3.33. The lowest BCUT2D eigenvalue weighted by Crippen LogP contribution is -2.47. The Bertz CT molecular complexity index is 1300. The van der Waals surface area contributed by atoms with Gasteiger partial charge in [0.1, 0.15) is 33.0 Å². The molecule has 0 spiro atoms. The van der Waals surface area contributed by atoms with Crippen molar-refractivity contribution >= 4 is 61.9 Å². The van der Waals surface area contributed by atoms with Crippen LogP contribution in [0, 0.1) is 11.6 Å². The number of hydrogen-bond acceptors (Lipinski definition) is 6. The minimum absolute atomic E-state index is 0.165. The number of carbonyl (C=O) groups excluding carboxylic acids is 2. The molecule has 3 N–H and O–H groups in total. The van der Waals surface area contributed by atoms with Crippen LogP contribution in [0.5, 0.6) is 0 Å². The van der Waals surface area contributed by atoms with Crippen molar-refractivity contribution in [1.29, 1.82) is 0 Å². The van der Waals surface area contributed by atoms with Crippen molar-refractivity contribution in [2.75, 3.05) is 29.1 Å².